The van der Waals surface area contributed by atoms with Gasteiger partial charge in [0.2, 0.25) is 0 Å². The summed E-state index contributed by atoms with van der Waals surface area (Å²) in [6.45, 7) is 10.8. The van der Waals surface area contributed by atoms with Crippen molar-refractivity contribution >= 4 is 11.0 Å². The molecular formula is C15H19N3. The second kappa shape index (κ2) is 4.13. The molecular weight excluding hydrogens is 222 g/mol. The number of hydrogen-bond donors (Lipinski definition) is 0. The van der Waals surface area contributed by atoms with E-state index in [2.05, 4.69) is 45.3 Å². The second-order valence-corrected chi connectivity index (χ2v) is 5.95. The van der Waals surface area contributed by atoms with Gasteiger partial charge in [0.05, 0.1) is 22.7 Å². The average Bonchev–Trinajstić information content (AvgIpc) is 2.66. The maximum atomic E-state index is 8.96. The van der Waals surface area contributed by atoms with Gasteiger partial charge in [-0.2, -0.15) is 5.26 Å². The Morgan fingerprint density at radius 3 is 2.44 bits per heavy atom. The van der Waals surface area contributed by atoms with Crippen molar-refractivity contribution < 1.29 is 0 Å². The Balaban J connectivity index is 2.81. The molecule has 94 valence electrons. The number of nitriles is 1. The van der Waals surface area contributed by atoms with Crippen LogP contribution in [-0.4, -0.2) is 9.55 Å². The lowest BCUT2D eigenvalue weighted by Gasteiger charge is -2.25. The van der Waals surface area contributed by atoms with Crippen LogP contribution in [0, 0.1) is 11.3 Å². The third-order valence-corrected chi connectivity index (χ3v) is 3.00. The van der Waals surface area contributed by atoms with E-state index in [9.17, 15) is 0 Å². The first-order valence-corrected chi connectivity index (χ1v) is 6.27. The van der Waals surface area contributed by atoms with E-state index in [0.717, 1.165) is 16.9 Å². The van der Waals surface area contributed by atoms with Crippen molar-refractivity contribution in [3.05, 3.63) is 29.6 Å². The fourth-order valence-corrected chi connectivity index (χ4v) is 2.26. The van der Waals surface area contributed by atoms with E-state index < -0.39 is 0 Å². The molecule has 0 amide bonds. The third kappa shape index (κ3) is 1.99. The topological polar surface area (TPSA) is 41.6 Å². The van der Waals surface area contributed by atoms with Crippen LogP contribution in [0.15, 0.2) is 18.2 Å². The van der Waals surface area contributed by atoms with E-state index >= 15 is 0 Å². The first-order chi connectivity index (χ1) is 8.34. The summed E-state index contributed by atoms with van der Waals surface area (Å²) >= 11 is 0. The number of benzene rings is 1. The highest BCUT2D eigenvalue weighted by Crippen LogP contribution is 2.29. The van der Waals surface area contributed by atoms with E-state index in [0.29, 0.717) is 11.5 Å². The molecule has 0 radical (unpaired) electrons. The summed E-state index contributed by atoms with van der Waals surface area (Å²) < 4.78 is 2.27. The molecule has 2 aromatic rings. The van der Waals surface area contributed by atoms with E-state index in [-0.39, 0.29) is 5.54 Å². The lowest BCUT2D eigenvalue weighted by Crippen LogP contribution is -2.24. The van der Waals surface area contributed by atoms with Gasteiger partial charge in [0.1, 0.15) is 5.82 Å². The van der Waals surface area contributed by atoms with E-state index in [1.54, 1.807) is 0 Å². The normalized spacial score (nSPS) is 12.1. The summed E-state index contributed by atoms with van der Waals surface area (Å²) in [7, 11) is 0. The van der Waals surface area contributed by atoms with Crippen LogP contribution in [0.4, 0.5) is 0 Å². The van der Waals surface area contributed by atoms with Gasteiger partial charge in [0, 0.05) is 11.5 Å². The zero-order valence-electron chi connectivity index (χ0n) is 11.7. The van der Waals surface area contributed by atoms with Gasteiger partial charge < -0.3 is 4.57 Å². The molecule has 0 bridgehead atoms. The van der Waals surface area contributed by atoms with Gasteiger partial charge in [0.15, 0.2) is 0 Å². The summed E-state index contributed by atoms with van der Waals surface area (Å²) in [5.74, 6) is 1.44. The summed E-state index contributed by atoms with van der Waals surface area (Å²) in [4.78, 5) is 4.70. The number of aromatic nitrogens is 2. The highest BCUT2D eigenvalue weighted by molar-refractivity contribution is 5.78. The molecule has 0 aliphatic rings. The van der Waals surface area contributed by atoms with Crippen molar-refractivity contribution in [2.45, 2.75) is 46.1 Å². The van der Waals surface area contributed by atoms with Crippen LogP contribution in [0.25, 0.3) is 11.0 Å². The predicted octanol–water partition coefficient (Wildman–Crippen LogP) is 3.79. The van der Waals surface area contributed by atoms with Gasteiger partial charge in [-0.25, -0.2) is 4.98 Å². The van der Waals surface area contributed by atoms with Crippen LogP contribution >= 0.6 is 0 Å². The van der Waals surface area contributed by atoms with Gasteiger partial charge in [-0.05, 0) is 39.0 Å². The Kier molecular flexibility index (Phi) is 2.90. The lowest BCUT2D eigenvalue weighted by atomic mass is 10.1. The van der Waals surface area contributed by atoms with Crippen molar-refractivity contribution in [3.8, 4) is 6.07 Å². The largest absolute Gasteiger partial charge is 0.322 e. The van der Waals surface area contributed by atoms with Crippen molar-refractivity contribution in [2.75, 3.05) is 0 Å². The molecule has 0 spiro atoms. The maximum absolute atomic E-state index is 8.96. The quantitative estimate of drug-likeness (QED) is 0.762. The molecule has 0 unspecified atom stereocenters. The highest BCUT2D eigenvalue weighted by atomic mass is 15.1. The first kappa shape index (κ1) is 12.6. The Morgan fingerprint density at radius 2 is 1.94 bits per heavy atom. The number of nitrogens with zero attached hydrogens (tertiary/aromatic N) is 3. The van der Waals surface area contributed by atoms with Gasteiger partial charge in [0.25, 0.3) is 0 Å². The molecule has 3 nitrogen and oxygen atoms in total. The zero-order valence-corrected chi connectivity index (χ0v) is 11.7. The fraction of sp³-hybridized carbons (Fsp3) is 0.467. The molecule has 2 rings (SSSR count). The third-order valence-electron chi connectivity index (χ3n) is 3.00. The summed E-state index contributed by atoms with van der Waals surface area (Å²) in [6, 6.07) is 7.89. The molecule has 3 heteroatoms. The summed E-state index contributed by atoms with van der Waals surface area (Å²) in [6.07, 6.45) is 0. The summed E-state index contributed by atoms with van der Waals surface area (Å²) in [5, 5.41) is 8.96. The van der Waals surface area contributed by atoms with E-state index in [1.165, 1.54) is 0 Å². The maximum Gasteiger partial charge on any atom is 0.112 e. The first-order valence-electron chi connectivity index (χ1n) is 6.27. The van der Waals surface area contributed by atoms with Crippen LogP contribution in [0.1, 0.15) is 51.9 Å². The van der Waals surface area contributed by atoms with E-state index in [4.69, 9.17) is 10.2 Å². The zero-order chi connectivity index (χ0) is 13.5. The molecule has 18 heavy (non-hydrogen) atoms. The molecule has 0 saturated heterocycles. The minimum Gasteiger partial charge on any atom is -0.322 e. The highest BCUT2D eigenvalue weighted by Gasteiger charge is 2.22. The lowest BCUT2D eigenvalue weighted by molar-refractivity contribution is 0.388. The van der Waals surface area contributed by atoms with Gasteiger partial charge in [-0.3, -0.25) is 0 Å². The monoisotopic (exact) mass is 241 g/mol. The number of imidazole rings is 1. The molecule has 0 N–H and O–H groups in total. The van der Waals surface area contributed by atoms with Crippen LogP contribution < -0.4 is 0 Å². The molecule has 1 heterocycles. The standard InChI is InChI=1S/C15H19N3/c1-10(2)14-17-12-8-11(9-16)6-7-13(12)18(14)15(3,4)5/h6-8,10H,1-5H3. The van der Waals surface area contributed by atoms with Crippen molar-refractivity contribution in [3.63, 3.8) is 0 Å². The van der Waals surface area contributed by atoms with Gasteiger partial charge in [-0.15, -0.1) is 0 Å². The van der Waals surface area contributed by atoms with Crippen LogP contribution in [0.3, 0.4) is 0 Å². The average molecular weight is 241 g/mol. The van der Waals surface area contributed by atoms with Crippen molar-refractivity contribution in [2.24, 2.45) is 0 Å². The van der Waals surface area contributed by atoms with Crippen molar-refractivity contribution in [1.29, 1.82) is 5.26 Å². The minimum atomic E-state index is -0.0114. The van der Waals surface area contributed by atoms with Gasteiger partial charge >= 0.3 is 0 Å². The van der Waals surface area contributed by atoms with Crippen LogP contribution in [-0.2, 0) is 5.54 Å². The molecule has 0 aliphatic carbocycles. The number of hydrogen-bond acceptors (Lipinski definition) is 2. The van der Waals surface area contributed by atoms with Crippen LogP contribution in [0.2, 0.25) is 0 Å². The molecule has 0 atom stereocenters. The van der Waals surface area contributed by atoms with Gasteiger partial charge in [-0.1, -0.05) is 13.8 Å². The number of rotatable bonds is 1. The Morgan fingerprint density at radius 1 is 1.28 bits per heavy atom. The molecule has 0 fully saturated rings. The Labute approximate surface area is 108 Å². The Hall–Kier alpha value is -1.82. The molecule has 1 aromatic heterocycles. The molecule has 0 aliphatic heterocycles. The molecule has 1 aromatic carbocycles. The fourth-order valence-electron chi connectivity index (χ4n) is 2.26. The summed E-state index contributed by atoms with van der Waals surface area (Å²) in [5.41, 5.74) is 2.66. The van der Waals surface area contributed by atoms with E-state index in [1.807, 2.05) is 18.2 Å². The SMILES string of the molecule is CC(C)c1nc2cc(C#N)ccc2n1C(C)(C)C. The second-order valence-electron chi connectivity index (χ2n) is 5.95. The number of fused-ring (bicyclic) bond motifs is 1. The minimum absolute atomic E-state index is 0.0114. The Bertz CT molecular complexity index is 621. The van der Waals surface area contributed by atoms with Crippen LogP contribution in [0.5, 0.6) is 0 Å². The smallest absolute Gasteiger partial charge is 0.112 e. The van der Waals surface area contributed by atoms with Crippen molar-refractivity contribution in [1.82, 2.24) is 9.55 Å². The predicted molar refractivity (Wildman–Crippen MR) is 73.5 cm³/mol. The molecule has 0 saturated carbocycles.